The molecular formula is C15H22N6O2S. The molecule has 2 aromatic rings. The Morgan fingerprint density at radius 2 is 2.08 bits per heavy atom. The number of aryl methyl sites for hydroxylation is 1. The average molecular weight is 350 g/mol. The highest BCUT2D eigenvalue weighted by atomic mass is 32.2. The maximum absolute atomic E-state index is 13.0. The van der Waals surface area contributed by atoms with Crippen molar-refractivity contribution in [2.75, 3.05) is 13.1 Å². The quantitative estimate of drug-likeness (QED) is 0.870. The molecule has 0 amide bonds. The standard InChI is InChI=1S/C15H22N6O2S/c1-15(2)10-21(8-7-13(15)16)24(22,23)12-6-4-5-11(9-12)14-17-18-19-20(14)3/h4-6,9,13H,7-8,10,16H2,1-3H3. The maximum Gasteiger partial charge on any atom is 0.243 e. The Balaban J connectivity index is 1.95. The molecule has 1 aliphatic heterocycles. The normalized spacial score (nSPS) is 21.8. The average Bonchev–Trinajstić information content (AvgIpc) is 2.96. The van der Waals surface area contributed by atoms with Crippen molar-refractivity contribution >= 4 is 10.0 Å². The van der Waals surface area contributed by atoms with Crippen molar-refractivity contribution < 1.29 is 8.42 Å². The van der Waals surface area contributed by atoms with E-state index in [4.69, 9.17) is 5.73 Å². The van der Waals surface area contributed by atoms with Crippen LogP contribution in [0.1, 0.15) is 20.3 Å². The van der Waals surface area contributed by atoms with Gasteiger partial charge in [0.1, 0.15) is 0 Å². The summed E-state index contributed by atoms with van der Waals surface area (Å²) in [5.74, 6) is 0.521. The van der Waals surface area contributed by atoms with E-state index in [9.17, 15) is 8.42 Å². The number of sulfonamides is 1. The van der Waals surface area contributed by atoms with Crippen LogP contribution in [0.4, 0.5) is 0 Å². The minimum atomic E-state index is -3.58. The van der Waals surface area contributed by atoms with Gasteiger partial charge in [0.05, 0.1) is 4.90 Å². The second-order valence-electron chi connectivity index (χ2n) is 6.88. The molecule has 0 saturated carbocycles. The third-order valence-corrected chi connectivity index (χ3v) is 6.47. The van der Waals surface area contributed by atoms with Crippen LogP contribution in [0, 0.1) is 5.41 Å². The molecule has 1 fully saturated rings. The molecule has 8 nitrogen and oxygen atoms in total. The number of nitrogens with two attached hydrogens (primary N) is 1. The third-order valence-electron chi connectivity index (χ3n) is 4.63. The molecule has 1 aliphatic rings. The van der Waals surface area contributed by atoms with E-state index in [0.29, 0.717) is 30.9 Å². The highest BCUT2D eigenvalue weighted by molar-refractivity contribution is 7.89. The van der Waals surface area contributed by atoms with Gasteiger partial charge in [-0.05, 0) is 34.4 Å². The first kappa shape index (κ1) is 17.0. The monoisotopic (exact) mass is 350 g/mol. The highest BCUT2D eigenvalue weighted by Gasteiger charge is 2.38. The zero-order valence-corrected chi connectivity index (χ0v) is 14.9. The Bertz CT molecular complexity index is 845. The zero-order chi connectivity index (χ0) is 17.5. The van der Waals surface area contributed by atoms with Gasteiger partial charge in [-0.15, -0.1) is 5.10 Å². The predicted octanol–water partition coefficient (Wildman–Crippen LogP) is 0.625. The van der Waals surface area contributed by atoms with Crippen molar-refractivity contribution in [3.63, 3.8) is 0 Å². The lowest BCUT2D eigenvalue weighted by atomic mass is 9.81. The van der Waals surface area contributed by atoms with Gasteiger partial charge < -0.3 is 5.73 Å². The molecule has 2 heterocycles. The Kier molecular flexibility index (Phi) is 4.18. The zero-order valence-electron chi connectivity index (χ0n) is 14.0. The van der Waals surface area contributed by atoms with E-state index in [2.05, 4.69) is 15.5 Å². The van der Waals surface area contributed by atoms with E-state index in [-0.39, 0.29) is 16.4 Å². The maximum atomic E-state index is 13.0. The fourth-order valence-corrected chi connectivity index (χ4v) is 4.62. The van der Waals surface area contributed by atoms with Crippen molar-refractivity contribution in [1.29, 1.82) is 0 Å². The van der Waals surface area contributed by atoms with Gasteiger partial charge in [0.2, 0.25) is 10.0 Å². The van der Waals surface area contributed by atoms with Gasteiger partial charge in [-0.1, -0.05) is 26.0 Å². The lowest BCUT2D eigenvalue weighted by Gasteiger charge is -2.41. The van der Waals surface area contributed by atoms with Gasteiger partial charge in [-0.25, -0.2) is 13.1 Å². The summed E-state index contributed by atoms with van der Waals surface area (Å²) < 4.78 is 29.1. The van der Waals surface area contributed by atoms with Crippen LogP contribution in [0.15, 0.2) is 29.2 Å². The molecule has 1 atom stereocenters. The van der Waals surface area contributed by atoms with Crippen LogP contribution < -0.4 is 5.73 Å². The lowest BCUT2D eigenvalue weighted by molar-refractivity contribution is 0.155. The second kappa shape index (κ2) is 5.91. The molecule has 24 heavy (non-hydrogen) atoms. The molecule has 0 aliphatic carbocycles. The Labute approximate surface area is 141 Å². The first-order valence-electron chi connectivity index (χ1n) is 7.80. The Morgan fingerprint density at radius 3 is 2.71 bits per heavy atom. The molecule has 1 unspecified atom stereocenters. The number of tetrazole rings is 1. The second-order valence-corrected chi connectivity index (χ2v) is 8.81. The summed E-state index contributed by atoms with van der Waals surface area (Å²) in [7, 11) is -1.87. The molecule has 0 radical (unpaired) electrons. The van der Waals surface area contributed by atoms with Crippen LogP contribution in [0.3, 0.4) is 0 Å². The summed E-state index contributed by atoms with van der Waals surface area (Å²) in [5.41, 5.74) is 6.53. The highest BCUT2D eigenvalue weighted by Crippen LogP contribution is 2.32. The fourth-order valence-electron chi connectivity index (χ4n) is 2.95. The van der Waals surface area contributed by atoms with Crippen LogP contribution in [0.25, 0.3) is 11.4 Å². The molecule has 9 heteroatoms. The van der Waals surface area contributed by atoms with Crippen molar-refractivity contribution in [2.24, 2.45) is 18.2 Å². The minimum Gasteiger partial charge on any atom is -0.327 e. The number of nitrogens with zero attached hydrogens (tertiary/aromatic N) is 5. The summed E-state index contributed by atoms with van der Waals surface area (Å²) in [6, 6.07) is 6.71. The van der Waals surface area contributed by atoms with Crippen LogP contribution in [0.5, 0.6) is 0 Å². The molecule has 1 aromatic heterocycles. The molecule has 0 spiro atoms. The first-order valence-corrected chi connectivity index (χ1v) is 9.24. The van der Waals surface area contributed by atoms with Gasteiger partial charge in [0, 0.05) is 31.7 Å². The molecule has 0 bridgehead atoms. The number of aromatic nitrogens is 4. The summed E-state index contributed by atoms with van der Waals surface area (Å²) in [5, 5.41) is 11.3. The summed E-state index contributed by atoms with van der Waals surface area (Å²) in [6.45, 7) is 4.84. The fraction of sp³-hybridized carbons (Fsp3) is 0.533. The first-order chi connectivity index (χ1) is 11.2. The molecule has 1 saturated heterocycles. The van der Waals surface area contributed by atoms with Crippen molar-refractivity contribution in [3.8, 4) is 11.4 Å². The minimum absolute atomic E-state index is 0.00000133. The number of rotatable bonds is 3. The SMILES string of the molecule is Cn1nnnc1-c1cccc(S(=O)(=O)N2CCC(N)C(C)(C)C2)c1. The topological polar surface area (TPSA) is 107 Å². The van der Waals surface area contributed by atoms with Gasteiger partial charge >= 0.3 is 0 Å². The molecule has 2 N–H and O–H groups in total. The van der Waals surface area contributed by atoms with E-state index in [1.807, 2.05) is 13.8 Å². The Morgan fingerprint density at radius 1 is 1.33 bits per heavy atom. The Hall–Kier alpha value is -1.84. The van der Waals surface area contributed by atoms with Gasteiger partial charge in [-0.3, -0.25) is 0 Å². The molecule has 3 rings (SSSR count). The lowest BCUT2D eigenvalue weighted by Crippen LogP contribution is -2.53. The largest absolute Gasteiger partial charge is 0.327 e. The summed E-state index contributed by atoms with van der Waals surface area (Å²) >= 11 is 0. The van der Waals surface area contributed by atoms with Gasteiger partial charge in [-0.2, -0.15) is 4.31 Å². The van der Waals surface area contributed by atoms with E-state index < -0.39 is 10.0 Å². The van der Waals surface area contributed by atoms with Crippen molar-refractivity contribution in [3.05, 3.63) is 24.3 Å². The molecule has 130 valence electrons. The van der Waals surface area contributed by atoms with Crippen LogP contribution >= 0.6 is 0 Å². The van der Waals surface area contributed by atoms with Crippen LogP contribution in [0.2, 0.25) is 0 Å². The van der Waals surface area contributed by atoms with E-state index >= 15 is 0 Å². The van der Waals surface area contributed by atoms with Gasteiger partial charge in [0.25, 0.3) is 0 Å². The van der Waals surface area contributed by atoms with Crippen LogP contribution in [-0.2, 0) is 17.1 Å². The predicted molar refractivity (Wildman–Crippen MR) is 89.4 cm³/mol. The number of hydrogen-bond acceptors (Lipinski definition) is 6. The smallest absolute Gasteiger partial charge is 0.243 e. The van der Waals surface area contributed by atoms with Crippen molar-refractivity contribution in [2.45, 2.75) is 31.2 Å². The van der Waals surface area contributed by atoms with E-state index in [1.165, 1.54) is 8.99 Å². The summed E-state index contributed by atoms with van der Waals surface area (Å²) in [6.07, 6.45) is 0.652. The number of hydrogen-bond donors (Lipinski definition) is 1. The number of piperidine rings is 1. The van der Waals surface area contributed by atoms with E-state index in [1.54, 1.807) is 31.3 Å². The third kappa shape index (κ3) is 2.94. The van der Waals surface area contributed by atoms with E-state index in [0.717, 1.165) is 0 Å². The molecular weight excluding hydrogens is 328 g/mol. The number of benzene rings is 1. The summed E-state index contributed by atoms with van der Waals surface area (Å²) in [4.78, 5) is 0.245. The van der Waals surface area contributed by atoms with Crippen molar-refractivity contribution in [1.82, 2.24) is 24.5 Å². The van der Waals surface area contributed by atoms with Gasteiger partial charge in [0.15, 0.2) is 5.82 Å². The van der Waals surface area contributed by atoms with Crippen LogP contribution in [-0.4, -0.2) is 52.1 Å². The molecule has 1 aromatic carbocycles.